The van der Waals surface area contributed by atoms with Gasteiger partial charge in [-0.1, -0.05) is 13.8 Å². The fourth-order valence-electron chi connectivity index (χ4n) is 1.72. The van der Waals surface area contributed by atoms with Crippen LogP contribution < -0.4 is 10.2 Å². The summed E-state index contributed by atoms with van der Waals surface area (Å²) in [7, 11) is 0. The predicted octanol–water partition coefficient (Wildman–Crippen LogP) is 3.19. The molecule has 1 N–H and O–H groups in total. The van der Waals surface area contributed by atoms with E-state index in [1.807, 2.05) is 0 Å². The summed E-state index contributed by atoms with van der Waals surface area (Å²) in [4.78, 5) is 6.76. The van der Waals surface area contributed by atoms with E-state index in [2.05, 4.69) is 49.8 Å². The van der Waals surface area contributed by atoms with Crippen LogP contribution in [0.25, 0.3) is 0 Å². The van der Waals surface area contributed by atoms with Crippen LogP contribution in [0, 0.1) is 0 Å². The van der Waals surface area contributed by atoms with Gasteiger partial charge in [0.1, 0.15) is 6.26 Å². The summed E-state index contributed by atoms with van der Waals surface area (Å²) in [5.41, 5.74) is 1.07. The first-order valence-electron chi connectivity index (χ1n) is 6.90. The van der Waals surface area contributed by atoms with E-state index in [0.717, 1.165) is 44.2 Å². The quantitative estimate of drug-likeness (QED) is 0.810. The third-order valence-corrected chi connectivity index (χ3v) is 2.60. The molecule has 0 aromatic carbocycles. The highest BCUT2D eigenvalue weighted by Crippen LogP contribution is 2.15. The van der Waals surface area contributed by atoms with E-state index in [9.17, 15) is 0 Å². The van der Waals surface area contributed by atoms with Crippen LogP contribution in [0.3, 0.4) is 0 Å². The van der Waals surface area contributed by atoms with Crippen LogP contribution in [0.2, 0.25) is 0 Å². The lowest BCUT2D eigenvalue weighted by atomic mass is 10.1. The first-order chi connectivity index (χ1) is 8.46. The molecular formula is C14H27N3O. The standard InChI is InChI=1S/C14H27N3O/c1-6-8-17(9-7-2)13-16-12(11-18-13)10-15-14(3,4)5/h11,15H,6-10H2,1-5H3. The van der Waals surface area contributed by atoms with Crippen molar-refractivity contribution in [2.24, 2.45) is 0 Å². The van der Waals surface area contributed by atoms with Crippen LogP contribution >= 0.6 is 0 Å². The molecule has 4 nitrogen and oxygen atoms in total. The molecule has 0 fully saturated rings. The van der Waals surface area contributed by atoms with Crippen LogP contribution in [0.5, 0.6) is 0 Å². The largest absolute Gasteiger partial charge is 0.432 e. The van der Waals surface area contributed by atoms with Crippen LogP contribution in [0.15, 0.2) is 10.7 Å². The Morgan fingerprint density at radius 1 is 1.22 bits per heavy atom. The van der Waals surface area contributed by atoms with Gasteiger partial charge in [-0.2, -0.15) is 4.98 Å². The van der Waals surface area contributed by atoms with Gasteiger partial charge in [0.05, 0.1) is 5.69 Å². The van der Waals surface area contributed by atoms with Crippen LogP contribution in [-0.4, -0.2) is 23.6 Å². The number of hydrogen-bond acceptors (Lipinski definition) is 4. The second-order valence-corrected chi connectivity index (χ2v) is 5.71. The van der Waals surface area contributed by atoms with Gasteiger partial charge in [0.25, 0.3) is 6.01 Å². The Balaban J connectivity index is 2.60. The zero-order chi connectivity index (χ0) is 13.6. The highest BCUT2D eigenvalue weighted by molar-refractivity contribution is 5.26. The van der Waals surface area contributed by atoms with Crippen molar-refractivity contribution in [3.05, 3.63) is 12.0 Å². The van der Waals surface area contributed by atoms with Crippen LogP contribution in [0.4, 0.5) is 6.01 Å². The molecule has 4 heteroatoms. The summed E-state index contributed by atoms with van der Waals surface area (Å²) in [5.74, 6) is 0. The Morgan fingerprint density at radius 2 is 1.83 bits per heavy atom. The predicted molar refractivity (Wildman–Crippen MR) is 75.9 cm³/mol. The van der Waals surface area contributed by atoms with Gasteiger partial charge in [0.15, 0.2) is 0 Å². The number of rotatable bonds is 7. The van der Waals surface area contributed by atoms with Crippen molar-refractivity contribution in [2.75, 3.05) is 18.0 Å². The first kappa shape index (κ1) is 15.0. The molecule has 0 saturated carbocycles. The maximum absolute atomic E-state index is 5.57. The Hall–Kier alpha value is -1.03. The van der Waals surface area contributed by atoms with E-state index in [1.54, 1.807) is 6.26 Å². The van der Waals surface area contributed by atoms with E-state index in [4.69, 9.17) is 4.42 Å². The molecule has 0 saturated heterocycles. The van der Waals surface area contributed by atoms with Gasteiger partial charge < -0.3 is 14.6 Å². The minimum atomic E-state index is 0.103. The SMILES string of the molecule is CCCN(CCC)c1nc(CNC(C)(C)C)co1. The topological polar surface area (TPSA) is 41.3 Å². The third-order valence-electron chi connectivity index (χ3n) is 2.60. The Labute approximate surface area is 111 Å². The molecule has 104 valence electrons. The third kappa shape index (κ3) is 5.08. The fourth-order valence-corrected chi connectivity index (χ4v) is 1.72. The van der Waals surface area contributed by atoms with Gasteiger partial charge in [0, 0.05) is 25.2 Å². The molecule has 0 aliphatic carbocycles. The van der Waals surface area contributed by atoms with Gasteiger partial charge in [-0.05, 0) is 33.6 Å². The first-order valence-corrected chi connectivity index (χ1v) is 6.90. The molecule has 0 amide bonds. The zero-order valence-corrected chi connectivity index (χ0v) is 12.4. The molecule has 18 heavy (non-hydrogen) atoms. The summed E-state index contributed by atoms with van der Waals surface area (Å²) in [6, 6.07) is 0.754. The molecular weight excluding hydrogens is 226 g/mol. The molecule has 0 aliphatic heterocycles. The molecule has 1 heterocycles. The van der Waals surface area contributed by atoms with E-state index >= 15 is 0 Å². The van der Waals surface area contributed by atoms with E-state index in [0.29, 0.717) is 0 Å². The smallest absolute Gasteiger partial charge is 0.297 e. The number of oxazole rings is 1. The average molecular weight is 253 g/mol. The van der Waals surface area contributed by atoms with Crippen molar-refractivity contribution >= 4 is 6.01 Å². The van der Waals surface area contributed by atoms with Crippen LogP contribution in [0.1, 0.15) is 53.2 Å². The molecule has 1 aromatic heterocycles. The van der Waals surface area contributed by atoms with Gasteiger partial charge in [0.2, 0.25) is 0 Å². The summed E-state index contributed by atoms with van der Waals surface area (Å²) in [6.07, 6.45) is 3.97. The number of nitrogens with one attached hydrogen (secondary N) is 1. The number of hydrogen-bond donors (Lipinski definition) is 1. The zero-order valence-electron chi connectivity index (χ0n) is 12.4. The average Bonchev–Trinajstić information content (AvgIpc) is 2.74. The minimum absolute atomic E-state index is 0.103. The van der Waals surface area contributed by atoms with Crippen molar-refractivity contribution in [1.82, 2.24) is 10.3 Å². The van der Waals surface area contributed by atoms with E-state index in [1.165, 1.54) is 0 Å². The lowest BCUT2D eigenvalue weighted by molar-refractivity contribution is 0.421. The lowest BCUT2D eigenvalue weighted by Gasteiger charge is -2.19. The lowest BCUT2D eigenvalue weighted by Crippen LogP contribution is -2.35. The maximum Gasteiger partial charge on any atom is 0.297 e. The Morgan fingerprint density at radius 3 is 2.33 bits per heavy atom. The highest BCUT2D eigenvalue weighted by Gasteiger charge is 2.13. The molecule has 1 rings (SSSR count). The summed E-state index contributed by atoms with van der Waals surface area (Å²) >= 11 is 0. The van der Waals surface area contributed by atoms with E-state index in [-0.39, 0.29) is 5.54 Å². The minimum Gasteiger partial charge on any atom is -0.432 e. The Kier molecular flexibility index (Phi) is 5.66. The normalized spacial score (nSPS) is 11.8. The molecule has 0 atom stereocenters. The summed E-state index contributed by atoms with van der Waals surface area (Å²) < 4.78 is 5.57. The molecule has 1 aromatic rings. The van der Waals surface area contributed by atoms with Gasteiger partial charge >= 0.3 is 0 Å². The fraction of sp³-hybridized carbons (Fsp3) is 0.786. The van der Waals surface area contributed by atoms with Crippen molar-refractivity contribution in [3.8, 4) is 0 Å². The molecule has 0 unspecified atom stereocenters. The van der Waals surface area contributed by atoms with Crippen molar-refractivity contribution in [2.45, 2.75) is 59.5 Å². The second-order valence-electron chi connectivity index (χ2n) is 5.71. The highest BCUT2D eigenvalue weighted by atomic mass is 16.4. The number of anilines is 1. The number of aromatic nitrogens is 1. The van der Waals surface area contributed by atoms with Gasteiger partial charge in [-0.15, -0.1) is 0 Å². The monoisotopic (exact) mass is 253 g/mol. The molecule has 0 spiro atoms. The van der Waals surface area contributed by atoms with Crippen molar-refractivity contribution in [3.63, 3.8) is 0 Å². The Bertz CT molecular complexity index is 335. The second kappa shape index (κ2) is 6.78. The number of nitrogens with zero attached hydrogens (tertiary/aromatic N) is 2. The molecule has 0 bridgehead atoms. The van der Waals surface area contributed by atoms with Crippen LogP contribution in [-0.2, 0) is 6.54 Å². The molecule has 0 aliphatic rings. The van der Waals surface area contributed by atoms with Gasteiger partial charge in [-0.25, -0.2) is 0 Å². The summed E-state index contributed by atoms with van der Waals surface area (Å²) in [5, 5.41) is 3.41. The van der Waals surface area contributed by atoms with Gasteiger partial charge in [-0.3, -0.25) is 0 Å². The molecule has 0 radical (unpaired) electrons. The summed E-state index contributed by atoms with van der Waals surface area (Å²) in [6.45, 7) is 13.5. The van der Waals surface area contributed by atoms with E-state index < -0.39 is 0 Å². The van der Waals surface area contributed by atoms with Crippen molar-refractivity contribution < 1.29 is 4.42 Å². The maximum atomic E-state index is 5.57. The van der Waals surface area contributed by atoms with Crippen molar-refractivity contribution in [1.29, 1.82) is 0 Å².